The van der Waals surface area contributed by atoms with Crippen LogP contribution in [0.2, 0.25) is 0 Å². The Hall–Kier alpha value is -2.42. The predicted molar refractivity (Wildman–Crippen MR) is 136 cm³/mol. The fraction of sp³-hybridized carbons (Fsp3) is 0.500. The lowest BCUT2D eigenvalue weighted by molar-refractivity contribution is -0.120. The highest BCUT2D eigenvalue weighted by Gasteiger charge is 2.22. The number of fused-ring (bicyclic) bond motifs is 1. The van der Waals surface area contributed by atoms with Crippen molar-refractivity contribution < 1.29 is 17.9 Å². The van der Waals surface area contributed by atoms with Gasteiger partial charge < -0.3 is 14.5 Å². The van der Waals surface area contributed by atoms with Crippen LogP contribution >= 0.6 is 0 Å². The number of rotatable bonds is 13. The van der Waals surface area contributed by atoms with Crippen LogP contribution in [0, 0.1) is 6.92 Å². The minimum atomic E-state index is -3.45. The van der Waals surface area contributed by atoms with E-state index in [0.29, 0.717) is 11.4 Å². The van der Waals surface area contributed by atoms with Crippen LogP contribution in [0.1, 0.15) is 43.7 Å². The molecule has 2 aromatic rings. The summed E-state index contributed by atoms with van der Waals surface area (Å²) in [5, 5.41) is 0. The molecular formula is C26H37N3O4S. The fourth-order valence-corrected chi connectivity index (χ4v) is 5.18. The molecule has 3 rings (SSSR count). The lowest BCUT2D eigenvalue weighted by atomic mass is 10.1. The maximum Gasteiger partial charge on any atom is 0.264 e. The maximum atomic E-state index is 12.4. The normalized spacial score (nSPS) is 13.8. The molecule has 1 N–H and O–H groups in total. The average Bonchev–Trinajstić information content (AvgIpc) is 2.82. The van der Waals surface area contributed by atoms with E-state index in [4.69, 9.17) is 4.74 Å². The van der Waals surface area contributed by atoms with Gasteiger partial charge in [-0.15, -0.1) is 0 Å². The molecule has 2 aromatic carbocycles. The fourth-order valence-electron chi connectivity index (χ4n) is 4.10. The van der Waals surface area contributed by atoms with Crippen LogP contribution in [0.3, 0.4) is 0 Å². The number of unbranched alkanes of at least 4 members (excludes halogenated alkanes) is 1. The quantitative estimate of drug-likeness (QED) is 0.435. The first-order valence-corrected chi connectivity index (χ1v) is 13.6. The Bertz CT molecular complexity index is 1050. The van der Waals surface area contributed by atoms with Gasteiger partial charge in [-0.1, -0.05) is 30.7 Å². The van der Waals surface area contributed by atoms with Crippen LogP contribution in [0.25, 0.3) is 0 Å². The number of carbonyl (C=O) groups excluding carboxylic acids is 1. The molecule has 0 aromatic heterocycles. The molecule has 1 aliphatic rings. The molecule has 8 heteroatoms. The number of aryl methyl sites for hydroxylation is 2. The lowest BCUT2D eigenvalue weighted by Gasteiger charge is -2.26. The molecule has 0 saturated carbocycles. The molecule has 7 nitrogen and oxygen atoms in total. The third kappa shape index (κ3) is 7.29. The molecule has 0 spiro atoms. The van der Waals surface area contributed by atoms with E-state index in [1.807, 2.05) is 31.2 Å². The molecule has 1 amide bonds. The van der Waals surface area contributed by atoms with Crippen LogP contribution in [0.5, 0.6) is 5.75 Å². The van der Waals surface area contributed by atoms with Crippen LogP contribution in [0.4, 0.5) is 5.69 Å². The summed E-state index contributed by atoms with van der Waals surface area (Å²) in [6, 6.07) is 13.0. The summed E-state index contributed by atoms with van der Waals surface area (Å²) in [7, 11) is -1.68. The largest absolute Gasteiger partial charge is 0.482 e. The smallest absolute Gasteiger partial charge is 0.264 e. The van der Waals surface area contributed by atoms with Gasteiger partial charge in [0, 0.05) is 13.6 Å². The number of nitrogens with one attached hydrogen (secondary N) is 1. The Morgan fingerprint density at radius 3 is 2.50 bits per heavy atom. The highest BCUT2D eigenvalue weighted by molar-refractivity contribution is 7.89. The van der Waals surface area contributed by atoms with Crippen LogP contribution in [-0.2, 0) is 21.2 Å². The number of hydrogen-bond donors (Lipinski definition) is 1. The van der Waals surface area contributed by atoms with Gasteiger partial charge in [0.2, 0.25) is 10.0 Å². The molecule has 0 aliphatic carbocycles. The molecule has 34 heavy (non-hydrogen) atoms. The monoisotopic (exact) mass is 487 g/mol. The van der Waals surface area contributed by atoms with E-state index in [2.05, 4.69) is 22.6 Å². The molecular weight excluding hydrogens is 450 g/mol. The van der Waals surface area contributed by atoms with E-state index in [1.54, 1.807) is 24.1 Å². The van der Waals surface area contributed by atoms with Crippen molar-refractivity contribution in [2.45, 2.75) is 50.8 Å². The third-order valence-electron chi connectivity index (χ3n) is 6.11. The Kier molecular flexibility index (Phi) is 9.50. The van der Waals surface area contributed by atoms with Crippen molar-refractivity contribution in [3.05, 3.63) is 53.6 Å². The Labute approximate surface area is 204 Å². The second kappa shape index (κ2) is 12.3. The van der Waals surface area contributed by atoms with Crippen molar-refractivity contribution in [1.29, 1.82) is 0 Å². The summed E-state index contributed by atoms with van der Waals surface area (Å²) in [4.78, 5) is 16.1. The van der Waals surface area contributed by atoms with Gasteiger partial charge >= 0.3 is 0 Å². The lowest BCUT2D eigenvalue weighted by Crippen LogP contribution is -2.35. The second-order valence-electron chi connectivity index (χ2n) is 8.91. The number of benzene rings is 2. The summed E-state index contributed by atoms with van der Waals surface area (Å²) < 4.78 is 33.2. The molecule has 1 aliphatic heterocycles. The Morgan fingerprint density at radius 1 is 1.03 bits per heavy atom. The van der Waals surface area contributed by atoms with Crippen LogP contribution in [0.15, 0.2) is 47.4 Å². The van der Waals surface area contributed by atoms with E-state index in [9.17, 15) is 13.2 Å². The van der Waals surface area contributed by atoms with Gasteiger partial charge in [0.15, 0.2) is 6.61 Å². The Morgan fingerprint density at radius 2 is 1.76 bits per heavy atom. The van der Waals surface area contributed by atoms with Gasteiger partial charge in [-0.3, -0.25) is 4.79 Å². The minimum absolute atomic E-state index is 0.0285. The topological polar surface area (TPSA) is 79.0 Å². The summed E-state index contributed by atoms with van der Waals surface area (Å²) in [6.07, 6.45) is 4.95. The Balaban J connectivity index is 1.39. The predicted octanol–water partition coefficient (Wildman–Crippen LogP) is 3.75. The van der Waals surface area contributed by atoms with Gasteiger partial charge in [0.05, 0.1) is 10.6 Å². The zero-order valence-electron chi connectivity index (χ0n) is 20.5. The molecule has 0 saturated heterocycles. The van der Waals surface area contributed by atoms with Crippen molar-refractivity contribution in [2.24, 2.45) is 0 Å². The SMILES string of the molecule is CCCN(CCCCc1ccc2c(c1)OCC(=O)N2C)CCCNS(=O)(=O)c1ccc(C)cc1. The van der Waals surface area contributed by atoms with Crippen molar-refractivity contribution in [3.63, 3.8) is 0 Å². The van der Waals surface area contributed by atoms with E-state index in [-0.39, 0.29) is 12.5 Å². The third-order valence-corrected chi connectivity index (χ3v) is 7.59. The summed E-state index contributed by atoms with van der Waals surface area (Å²) in [6.45, 7) is 7.52. The van der Waals surface area contributed by atoms with E-state index < -0.39 is 10.0 Å². The number of hydrogen-bond acceptors (Lipinski definition) is 5. The van der Waals surface area contributed by atoms with E-state index >= 15 is 0 Å². The zero-order chi connectivity index (χ0) is 24.6. The number of likely N-dealkylation sites (N-methyl/N-ethyl adjacent to an activating group) is 1. The highest BCUT2D eigenvalue weighted by atomic mass is 32.2. The summed E-state index contributed by atoms with van der Waals surface area (Å²) in [5.74, 6) is 0.750. The van der Waals surface area contributed by atoms with Crippen LogP contribution in [-0.4, -0.2) is 59.1 Å². The van der Waals surface area contributed by atoms with Crippen molar-refractivity contribution in [3.8, 4) is 5.75 Å². The molecule has 186 valence electrons. The number of anilines is 1. The first kappa shape index (κ1) is 26.2. The first-order valence-electron chi connectivity index (χ1n) is 12.1. The van der Waals surface area contributed by atoms with Gasteiger partial charge in [-0.2, -0.15) is 0 Å². The molecule has 0 bridgehead atoms. The molecule has 1 heterocycles. The zero-order valence-corrected chi connectivity index (χ0v) is 21.4. The van der Waals surface area contributed by atoms with Crippen molar-refractivity contribution >= 4 is 21.6 Å². The standard InChI is InChI=1S/C26H37N3O4S/c1-4-16-29(18-7-15-27-34(31,32)23-12-9-21(2)10-13-23)17-6-5-8-22-11-14-24-25(19-22)33-20-26(30)28(24)3/h9-14,19,27H,4-8,15-18,20H2,1-3H3. The molecule has 0 atom stereocenters. The first-order chi connectivity index (χ1) is 16.3. The number of amides is 1. The van der Waals surface area contributed by atoms with Gasteiger partial charge in [-0.05, 0) is 88.5 Å². The second-order valence-corrected chi connectivity index (χ2v) is 10.7. The number of carbonyl (C=O) groups is 1. The van der Waals surface area contributed by atoms with Crippen LogP contribution < -0.4 is 14.4 Å². The van der Waals surface area contributed by atoms with Gasteiger partial charge in [0.25, 0.3) is 5.91 Å². The number of nitrogens with zero attached hydrogens (tertiary/aromatic N) is 2. The maximum absolute atomic E-state index is 12.4. The number of ether oxygens (including phenoxy) is 1. The highest BCUT2D eigenvalue weighted by Crippen LogP contribution is 2.32. The van der Waals surface area contributed by atoms with E-state index in [0.717, 1.165) is 68.7 Å². The van der Waals surface area contributed by atoms with Crippen molar-refractivity contribution in [2.75, 3.05) is 44.7 Å². The molecule has 0 fully saturated rings. The number of sulfonamides is 1. The van der Waals surface area contributed by atoms with E-state index in [1.165, 1.54) is 5.56 Å². The summed E-state index contributed by atoms with van der Waals surface area (Å²) >= 11 is 0. The minimum Gasteiger partial charge on any atom is -0.482 e. The molecule has 0 unspecified atom stereocenters. The average molecular weight is 488 g/mol. The summed E-state index contributed by atoms with van der Waals surface area (Å²) in [5.41, 5.74) is 3.08. The molecule has 0 radical (unpaired) electrons. The van der Waals surface area contributed by atoms with Gasteiger partial charge in [0.1, 0.15) is 5.75 Å². The van der Waals surface area contributed by atoms with Gasteiger partial charge in [-0.25, -0.2) is 13.1 Å². The van der Waals surface area contributed by atoms with Crippen molar-refractivity contribution in [1.82, 2.24) is 9.62 Å².